The Morgan fingerprint density at radius 3 is 2.94 bits per heavy atom. The van der Waals surface area contributed by atoms with Gasteiger partial charge in [-0.1, -0.05) is 29.3 Å². The van der Waals surface area contributed by atoms with Gasteiger partial charge < -0.3 is 10.6 Å². The maximum atomic E-state index is 12.2. The highest BCUT2D eigenvalue weighted by Gasteiger charge is 2.27. The fourth-order valence-corrected chi connectivity index (χ4v) is 2.64. The lowest BCUT2D eigenvalue weighted by Gasteiger charge is -2.21. The second-order valence-corrected chi connectivity index (χ2v) is 5.32. The Bertz CT molecular complexity index is 439. The molecule has 0 saturated carbocycles. The molecule has 1 aromatic rings. The van der Waals surface area contributed by atoms with E-state index in [1.165, 1.54) is 5.56 Å². The monoisotopic (exact) mass is 332 g/mol. The number of nitrogens with zero attached hydrogens (tertiary/aromatic N) is 1. The summed E-state index contributed by atoms with van der Waals surface area (Å²) < 4.78 is 1.06. The number of anilines is 1. The second kappa shape index (κ2) is 6.55. The van der Waals surface area contributed by atoms with Crippen LogP contribution in [0.15, 0.2) is 22.7 Å². The predicted molar refractivity (Wildman–Crippen MR) is 80.3 cm³/mol. The molecule has 0 aliphatic carbocycles. The molecular weight excluding hydrogens is 316 g/mol. The molecule has 1 amide bonds. The van der Waals surface area contributed by atoms with Crippen LogP contribution in [0.4, 0.5) is 5.69 Å². The van der Waals surface area contributed by atoms with Gasteiger partial charge in [-0.05, 0) is 36.6 Å². The fraction of sp³-hybridized carbons (Fsp3) is 0.462. The lowest BCUT2D eigenvalue weighted by atomic mass is 10.1. The van der Waals surface area contributed by atoms with Crippen LogP contribution in [0.2, 0.25) is 0 Å². The molecule has 100 valence electrons. The number of hydrogen-bond acceptors (Lipinski definition) is 2. The van der Waals surface area contributed by atoms with E-state index in [0.717, 1.165) is 36.0 Å². The van der Waals surface area contributed by atoms with E-state index in [1.807, 2.05) is 24.0 Å². The van der Waals surface area contributed by atoms with E-state index in [0.29, 0.717) is 0 Å². The molecule has 1 heterocycles. The van der Waals surface area contributed by atoms with Crippen molar-refractivity contribution in [3.8, 4) is 0 Å². The number of amides is 1. The third-order valence-corrected chi connectivity index (χ3v) is 3.61. The van der Waals surface area contributed by atoms with Crippen LogP contribution in [0.3, 0.4) is 0 Å². The Morgan fingerprint density at radius 2 is 2.28 bits per heavy atom. The largest absolute Gasteiger partial charge is 0.320 e. The molecule has 1 aliphatic rings. The summed E-state index contributed by atoms with van der Waals surface area (Å²) in [6.45, 7) is 2.80. The lowest BCUT2D eigenvalue weighted by molar-refractivity contribution is -0.119. The van der Waals surface area contributed by atoms with E-state index < -0.39 is 0 Å². The van der Waals surface area contributed by atoms with Gasteiger partial charge in [0.15, 0.2) is 0 Å². The summed E-state index contributed by atoms with van der Waals surface area (Å²) in [4.78, 5) is 14.0. The summed E-state index contributed by atoms with van der Waals surface area (Å²) in [6.07, 6.45) is 2.61. The summed E-state index contributed by atoms with van der Waals surface area (Å²) >= 11 is 3.45. The number of benzene rings is 1. The SMILES string of the molecule is CCCC(N)C(=O)N1CCc2cc(Br)ccc21.Cl. The first-order chi connectivity index (χ1) is 8.13. The molecule has 0 saturated heterocycles. The summed E-state index contributed by atoms with van der Waals surface area (Å²) in [7, 11) is 0. The van der Waals surface area contributed by atoms with Crippen LogP contribution in [0, 0.1) is 0 Å². The van der Waals surface area contributed by atoms with Crippen molar-refractivity contribution in [3.63, 3.8) is 0 Å². The summed E-state index contributed by atoms with van der Waals surface area (Å²) in [6, 6.07) is 5.67. The van der Waals surface area contributed by atoms with Crippen LogP contribution in [0.1, 0.15) is 25.3 Å². The topological polar surface area (TPSA) is 46.3 Å². The standard InChI is InChI=1S/C13H17BrN2O.ClH/c1-2-3-11(15)13(17)16-7-6-9-8-10(14)4-5-12(9)16;/h4-5,8,11H,2-3,6-7,15H2,1H3;1H. The highest BCUT2D eigenvalue weighted by molar-refractivity contribution is 9.10. The first kappa shape index (κ1) is 15.5. The maximum Gasteiger partial charge on any atom is 0.243 e. The molecule has 0 aromatic heterocycles. The minimum atomic E-state index is -0.366. The van der Waals surface area contributed by atoms with Crippen LogP contribution in [-0.4, -0.2) is 18.5 Å². The Hall–Kier alpha value is -0.580. The zero-order valence-corrected chi connectivity index (χ0v) is 12.8. The number of fused-ring (bicyclic) bond motifs is 1. The van der Waals surface area contributed by atoms with Gasteiger partial charge in [0.05, 0.1) is 6.04 Å². The second-order valence-electron chi connectivity index (χ2n) is 4.41. The van der Waals surface area contributed by atoms with Crippen molar-refractivity contribution in [2.24, 2.45) is 5.73 Å². The molecule has 1 aliphatic heterocycles. The minimum absolute atomic E-state index is 0. The molecule has 1 aromatic carbocycles. The molecule has 0 spiro atoms. The molecule has 2 N–H and O–H groups in total. The van der Waals surface area contributed by atoms with Gasteiger partial charge in [-0.25, -0.2) is 0 Å². The highest BCUT2D eigenvalue weighted by Crippen LogP contribution is 2.30. The third kappa shape index (κ3) is 3.05. The van der Waals surface area contributed by atoms with Crippen LogP contribution < -0.4 is 10.6 Å². The molecule has 0 radical (unpaired) electrons. The first-order valence-corrected chi connectivity index (χ1v) is 6.78. The van der Waals surface area contributed by atoms with Crippen molar-refractivity contribution in [3.05, 3.63) is 28.2 Å². The Morgan fingerprint density at radius 1 is 1.56 bits per heavy atom. The number of carbonyl (C=O) groups excluding carboxylic acids is 1. The Kier molecular flexibility index (Phi) is 5.63. The fourth-order valence-electron chi connectivity index (χ4n) is 2.23. The van der Waals surface area contributed by atoms with E-state index >= 15 is 0 Å². The normalized spacial score (nSPS) is 14.9. The van der Waals surface area contributed by atoms with Crippen LogP contribution in [0.25, 0.3) is 0 Å². The van der Waals surface area contributed by atoms with E-state index in [2.05, 4.69) is 22.0 Å². The van der Waals surface area contributed by atoms with E-state index in [1.54, 1.807) is 0 Å². The van der Waals surface area contributed by atoms with Crippen molar-refractivity contribution in [2.45, 2.75) is 32.2 Å². The number of nitrogens with two attached hydrogens (primary N) is 1. The molecule has 5 heteroatoms. The van der Waals surface area contributed by atoms with Crippen LogP contribution in [0.5, 0.6) is 0 Å². The van der Waals surface area contributed by atoms with Gasteiger partial charge >= 0.3 is 0 Å². The van der Waals surface area contributed by atoms with Crippen molar-refractivity contribution in [2.75, 3.05) is 11.4 Å². The Balaban J connectivity index is 0.00000162. The zero-order chi connectivity index (χ0) is 12.4. The molecule has 0 bridgehead atoms. The number of carbonyl (C=O) groups is 1. The third-order valence-electron chi connectivity index (χ3n) is 3.12. The molecule has 18 heavy (non-hydrogen) atoms. The lowest BCUT2D eigenvalue weighted by Crippen LogP contribution is -2.43. The smallest absolute Gasteiger partial charge is 0.243 e. The summed E-state index contributed by atoms with van der Waals surface area (Å²) in [5.41, 5.74) is 8.13. The average molecular weight is 334 g/mol. The highest BCUT2D eigenvalue weighted by atomic mass is 79.9. The van der Waals surface area contributed by atoms with Crippen molar-refractivity contribution in [1.29, 1.82) is 0 Å². The van der Waals surface area contributed by atoms with E-state index in [9.17, 15) is 4.79 Å². The predicted octanol–water partition coefficient (Wildman–Crippen LogP) is 2.89. The van der Waals surface area contributed by atoms with E-state index in [-0.39, 0.29) is 24.4 Å². The Labute approximate surface area is 122 Å². The van der Waals surface area contributed by atoms with Crippen molar-refractivity contribution >= 4 is 39.9 Å². The van der Waals surface area contributed by atoms with Crippen molar-refractivity contribution < 1.29 is 4.79 Å². The van der Waals surface area contributed by atoms with Gasteiger partial charge in [0, 0.05) is 16.7 Å². The average Bonchev–Trinajstić information content (AvgIpc) is 2.71. The molecule has 1 atom stereocenters. The quantitative estimate of drug-likeness (QED) is 0.924. The van der Waals surface area contributed by atoms with Gasteiger partial charge in [0.2, 0.25) is 5.91 Å². The van der Waals surface area contributed by atoms with Crippen LogP contribution >= 0.6 is 28.3 Å². The molecule has 2 rings (SSSR count). The molecular formula is C13H18BrClN2O. The van der Waals surface area contributed by atoms with Crippen molar-refractivity contribution in [1.82, 2.24) is 0 Å². The van der Waals surface area contributed by atoms with E-state index in [4.69, 9.17) is 5.73 Å². The maximum absolute atomic E-state index is 12.2. The minimum Gasteiger partial charge on any atom is -0.320 e. The summed E-state index contributed by atoms with van der Waals surface area (Å²) in [5, 5.41) is 0. The molecule has 3 nitrogen and oxygen atoms in total. The van der Waals surface area contributed by atoms with Gasteiger partial charge in [0.1, 0.15) is 0 Å². The van der Waals surface area contributed by atoms with Crippen LogP contribution in [-0.2, 0) is 11.2 Å². The van der Waals surface area contributed by atoms with Gasteiger partial charge in [-0.2, -0.15) is 0 Å². The molecule has 0 fully saturated rings. The number of halogens is 2. The van der Waals surface area contributed by atoms with Gasteiger partial charge in [-0.3, -0.25) is 4.79 Å². The van der Waals surface area contributed by atoms with Gasteiger partial charge in [-0.15, -0.1) is 12.4 Å². The number of rotatable bonds is 3. The number of hydrogen-bond donors (Lipinski definition) is 1. The zero-order valence-electron chi connectivity index (χ0n) is 10.4. The first-order valence-electron chi connectivity index (χ1n) is 5.99. The van der Waals surface area contributed by atoms with Gasteiger partial charge in [0.25, 0.3) is 0 Å². The molecule has 1 unspecified atom stereocenters. The summed E-state index contributed by atoms with van der Waals surface area (Å²) in [5.74, 6) is 0.0490.